The van der Waals surface area contributed by atoms with Gasteiger partial charge in [0.1, 0.15) is 11.5 Å². The standard InChI is InChI=1S/C15H24.C13H21N.C11H18O.C11H18S/c1-9-10(2)12(4)14(15(6,7)8)13(5)11(9)3;1-8-9(2)11(4)14-12(10(8)3)13(5,6)7;2*1-7-8(2)10(11(4,5)6)12-9(7)3/h1-8H3;1-7H3;2*1-6H3. The van der Waals surface area contributed by atoms with Crippen LogP contribution in [0, 0.1) is 104 Å². The SMILES string of the molecule is Cc1c(C)c(C)c(C(C)(C)C)c(C)c1C.Cc1nc(C(C)(C)C)c(C)c(C)c1C.Cc1oc(C(C)(C)C)c(C)c1C.Cc1sc(C(C)(C)C)c(C)c1C. The highest BCUT2D eigenvalue weighted by molar-refractivity contribution is 7.12. The molecule has 3 heterocycles. The molecule has 3 heteroatoms. The maximum Gasteiger partial charge on any atom is 0.112 e. The van der Waals surface area contributed by atoms with Crippen LogP contribution in [0.5, 0.6) is 0 Å². The van der Waals surface area contributed by atoms with E-state index in [0.29, 0.717) is 5.41 Å². The predicted molar refractivity (Wildman–Crippen MR) is 240 cm³/mol. The van der Waals surface area contributed by atoms with Gasteiger partial charge in [-0.15, -0.1) is 11.3 Å². The second-order valence-electron chi connectivity index (χ2n) is 19.9. The summed E-state index contributed by atoms with van der Waals surface area (Å²) >= 11 is 1.95. The van der Waals surface area contributed by atoms with Crippen molar-refractivity contribution in [2.24, 2.45) is 0 Å². The summed E-state index contributed by atoms with van der Waals surface area (Å²) in [7, 11) is 0. The van der Waals surface area contributed by atoms with Crippen molar-refractivity contribution in [3.8, 4) is 0 Å². The number of rotatable bonds is 0. The molecule has 0 saturated carbocycles. The minimum atomic E-state index is 0.128. The molecule has 0 radical (unpaired) electrons. The number of pyridine rings is 1. The summed E-state index contributed by atoms with van der Waals surface area (Å²) in [6.07, 6.45) is 0. The van der Waals surface area contributed by atoms with E-state index in [1.54, 1.807) is 0 Å². The van der Waals surface area contributed by atoms with E-state index in [-0.39, 0.29) is 16.2 Å². The van der Waals surface area contributed by atoms with Crippen LogP contribution in [-0.2, 0) is 21.7 Å². The van der Waals surface area contributed by atoms with Crippen LogP contribution in [-0.4, -0.2) is 4.98 Å². The molecule has 0 aliphatic heterocycles. The fraction of sp³-hybridized carbons (Fsp3) is 0.620. The average Bonchev–Trinajstić information content (AvgIpc) is 3.43. The first kappa shape index (κ1) is 48.4. The van der Waals surface area contributed by atoms with Crippen molar-refractivity contribution in [3.63, 3.8) is 0 Å². The lowest BCUT2D eigenvalue weighted by Gasteiger charge is -2.28. The Labute approximate surface area is 333 Å². The number of thiophene rings is 1. The van der Waals surface area contributed by atoms with Crippen LogP contribution in [0.2, 0.25) is 0 Å². The Hall–Kier alpha value is -2.65. The third-order valence-corrected chi connectivity index (χ3v) is 13.2. The number of nitrogens with zero attached hydrogens (tertiary/aromatic N) is 1. The lowest BCUT2D eigenvalue weighted by atomic mass is 9.77. The van der Waals surface area contributed by atoms with Gasteiger partial charge in [-0.2, -0.15) is 0 Å². The normalized spacial score (nSPS) is 12.1. The molecule has 298 valence electrons. The monoisotopic (exact) mass is 744 g/mol. The molecule has 4 rings (SSSR count). The Bertz CT molecular complexity index is 1790. The lowest BCUT2D eigenvalue weighted by Crippen LogP contribution is -2.17. The van der Waals surface area contributed by atoms with Crippen molar-refractivity contribution in [2.45, 2.75) is 209 Å². The molecule has 0 atom stereocenters. The molecular weight excluding hydrogens is 663 g/mol. The van der Waals surface area contributed by atoms with Gasteiger partial charge in [-0.25, -0.2) is 0 Å². The molecule has 0 fully saturated rings. The third kappa shape index (κ3) is 11.7. The summed E-state index contributed by atoms with van der Waals surface area (Å²) in [5, 5.41) is 0. The van der Waals surface area contributed by atoms with E-state index in [9.17, 15) is 0 Å². The molecule has 1 aromatic carbocycles. The van der Waals surface area contributed by atoms with E-state index in [4.69, 9.17) is 9.40 Å². The number of furan rings is 1. The highest BCUT2D eigenvalue weighted by atomic mass is 32.1. The van der Waals surface area contributed by atoms with Crippen molar-refractivity contribution >= 4 is 11.3 Å². The Balaban J connectivity index is 0.000000355. The largest absolute Gasteiger partial charge is 0.465 e. The summed E-state index contributed by atoms with van der Waals surface area (Å²) in [5.74, 6) is 2.18. The van der Waals surface area contributed by atoms with E-state index in [2.05, 4.69) is 180 Å². The van der Waals surface area contributed by atoms with E-state index in [1.807, 2.05) is 18.3 Å². The topological polar surface area (TPSA) is 26.0 Å². The number of aromatic nitrogens is 1. The second kappa shape index (κ2) is 17.4. The van der Waals surface area contributed by atoms with Gasteiger partial charge in [-0.05, 0) is 187 Å². The number of hydrogen-bond acceptors (Lipinski definition) is 3. The van der Waals surface area contributed by atoms with Crippen molar-refractivity contribution in [3.05, 3.63) is 105 Å². The van der Waals surface area contributed by atoms with Gasteiger partial charge in [0.15, 0.2) is 0 Å². The highest BCUT2D eigenvalue weighted by Gasteiger charge is 2.24. The first-order valence-electron chi connectivity index (χ1n) is 19.8. The van der Waals surface area contributed by atoms with Gasteiger partial charge in [0, 0.05) is 32.0 Å². The van der Waals surface area contributed by atoms with Gasteiger partial charge in [0.25, 0.3) is 0 Å². The Morgan fingerprint density at radius 2 is 0.792 bits per heavy atom. The summed E-state index contributed by atoms with van der Waals surface area (Å²) in [5.41, 5.74) is 21.7. The molecule has 3 aromatic heterocycles. The molecule has 0 unspecified atom stereocenters. The maximum absolute atomic E-state index is 5.71. The molecule has 0 bridgehead atoms. The van der Waals surface area contributed by atoms with Gasteiger partial charge >= 0.3 is 0 Å². The summed E-state index contributed by atoms with van der Waals surface area (Å²) in [6.45, 7) is 59.7. The van der Waals surface area contributed by atoms with Crippen molar-refractivity contribution in [2.75, 3.05) is 0 Å². The van der Waals surface area contributed by atoms with E-state index >= 15 is 0 Å². The van der Waals surface area contributed by atoms with Crippen molar-refractivity contribution in [1.29, 1.82) is 0 Å². The fourth-order valence-corrected chi connectivity index (χ4v) is 8.56. The Morgan fingerprint density at radius 3 is 1.06 bits per heavy atom. The quantitative estimate of drug-likeness (QED) is 0.179. The molecule has 53 heavy (non-hydrogen) atoms. The van der Waals surface area contributed by atoms with Crippen molar-refractivity contribution < 1.29 is 4.42 Å². The van der Waals surface area contributed by atoms with Crippen LogP contribution in [0.1, 0.15) is 188 Å². The molecule has 0 aliphatic rings. The number of benzene rings is 1. The van der Waals surface area contributed by atoms with Crippen LogP contribution in [0.15, 0.2) is 4.42 Å². The molecule has 0 N–H and O–H groups in total. The van der Waals surface area contributed by atoms with E-state index in [0.717, 1.165) is 17.2 Å². The van der Waals surface area contributed by atoms with Crippen LogP contribution in [0.3, 0.4) is 0 Å². The fourth-order valence-electron chi connectivity index (χ4n) is 7.33. The maximum atomic E-state index is 5.71. The first-order chi connectivity index (χ1) is 23.6. The van der Waals surface area contributed by atoms with Crippen LogP contribution >= 0.6 is 11.3 Å². The number of hydrogen-bond donors (Lipinski definition) is 0. The van der Waals surface area contributed by atoms with Gasteiger partial charge in [-0.1, -0.05) is 83.1 Å². The van der Waals surface area contributed by atoms with Crippen LogP contribution in [0.25, 0.3) is 0 Å². The molecular formula is C50H81NOS. The Kier molecular flexibility index (Phi) is 15.9. The lowest BCUT2D eigenvalue weighted by molar-refractivity contribution is 0.392. The number of aryl methyl sites for hydroxylation is 3. The first-order valence-corrected chi connectivity index (χ1v) is 20.6. The predicted octanol–water partition coefficient (Wildman–Crippen LogP) is 15.6. The smallest absolute Gasteiger partial charge is 0.112 e. The third-order valence-electron chi connectivity index (χ3n) is 11.5. The highest BCUT2D eigenvalue weighted by Crippen LogP contribution is 2.37. The molecule has 0 aliphatic carbocycles. The second-order valence-corrected chi connectivity index (χ2v) is 21.1. The zero-order chi connectivity index (χ0) is 42.1. The van der Waals surface area contributed by atoms with E-state index < -0.39 is 0 Å². The van der Waals surface area contributed by atoms with Gasteiger partial charge in [0.2, 0.25) is 0 Å². The molecule has 0 saturated heterocycles. The molecule has 2 nitrogen and oxygen atoms in total. The summed E-state index contributed by atoms with van der Waals surface area (Å²) in [4.78, 5) is 7.71. The zero-order valence-corrected chi connectivity index (χ0v) is 40.6. The summed E-state index contributed by atoms with van der Waals surface area (Å²) < 4.78 is 5.71. The average molecular weight is 744 g/mol. The molecule has 4 aromatic rings. The van der Waals surface area contributed by atoms with Crippen LogP contribution < -0.4 is 0 Å². The summed E-state index contributed by atoms with van der Waals surface area (Å²) in [6, 6.07) is 0. The Morgan fingerprint density at radius 1 is 0.377 bits per heavy atom. The molecule has 0 spiro atoms. The minimum absolute atomic E-state index is 0.128. The van der Waals surface area contributed by atoms with E-state index in [1.165, 1.54) is 87.8 Å². The van der Waals surface area contributed by atoms with Gasteiger partial charge in [0.05, 0.1) is 0 Å². The zero-order valence-electron chi connectivity index (χ0n) is 39.8. The van der Waals surface area contributed by atoms with Gasteiger partial charge in [-0.3, -0.25) is 4.98 Å². The van der Waals surface area contributed by atoms with Crippen LogP contribution in [0.4, 0.5) is 0 Å². The molecule has 0 amide bonds. The van der Waals surface area contributed by atoms with Crippen molar-refractivity contribution in [1.82, 2.24) is 4.98 Å². The minimum Gasteiger partial charge on any atom is -0.465 e. The van der Waals surface area contributed by atoms with Gasteiger partial charge < -0.3 is 4.42 Å².